The van der Waals surface area contributed by atoms with Crippen LogP contribution in [0.25, 0.3) is 0 Å². The van der Waals surface area contributed by atoms with Gasteiger partial charge in [0.05, 0.1) is 17.4 Å². The molecule has 15 heavy (non-hydrogen) atoms. The van der Waals surface area contributed by atoms with Crippen LogP contribution in [0.4, 0.5) is 5.69 Å². The minimum absolute atomic E-state index is 0. The van der Waals surface area contributed by atoms with E-state index in [9.17, 15) is 0 Å². The maximum atomic E-state index is 5.73. The number of rotatable bonds is 1. The van der Waals surface area contributed by atoms with Crippen LogP contribution in [0.3, 0.4) is 0 Å². The summed E-state index contributed by atoms with van der Waals surface area (Å²) in [6.45, 7) is 3.61. The average Bonchev–Trinajstić information content (AvgIpc) is 2.49. The maximum absolute atomic E-state index is 5.73. The molecular formula is C9H17Cl2N3O. The number of anilines is 1. The third-order valence-electron chi connectivity index (χ3n) is 2.52. The van der Waals surface area contributed by atoms with Gasteiger partial charge in [0, 0.05) is 19.4 Å². The number of nitrogens with two attached hydrogens (primary N) is 1. The first-order chi connectivity index (χ1) is 6.27. The predicted molar refractivity (Wildman–Crippen MR) is 65.0 cm³/mol. The molecule has 0 aromatic carbocycles. The lowest BCUT2D eigenvalue weighted by molar-refractivity contribution is 0.0662. The number of nitrogens with zero attached hydrogens (tertiary/aromatic N) is 2. The van der Waals surface area contributed by atoms with E-state index in [-0.39, 0.29) is 24.8 Å². The van der Waals surface area contributed by atoms with Gasteiger partial charge in [0.15, 0.2) is 0 Å². The van der Waals surface area contributed by atoms with E-state index in [4.69, 9.17) is 10.5 Å². The largest absolute Gasteiger partial charge is 0.396 e. The molecule has 0 radical (unpaired) electrons. The van der Waals surface area contributed by atoms with E-state index in [1.54, 1.807) is 0 Å². The van der Waals surface area contributed by atoms with Crippen molar-refractivity contribution in [1.29, 1.82) is 0 Å². The summed E-state index contributed by atoms with van der Waals surface area (Å²) < 4.78 is 7.27. The summed E-state index contributed by atoms with van der Waals surface area (Å²) in [5.41, 5.74) is 7.44. The van der Waals surface area contributed by atoms with E-state index in [1.165, 1.54) is 0 Å². The van der Waals surface area contributed by atoms with Crippen LogP contribution in [-0.4, -0.2) is 23.0 Å². The van der Waals surface area contributed by atoms with Crippen molar-refractivity contribution in [3.8, 4) is 0 Å². The fraction of sp³-hybridized carbons (Fsp3) is 0.667. The summed E-state index contributed by atoms with van der Waals surface area (Å²) >= 11 is 0. The van der Waals surface area contributed by atoms with Crippen LogP contribution in [0.2, 0.25) is 0 Å². The summed E-state index contributed by atoms with van der Waals surface area (Å²) in [6, 6.07) is 0.477. The van der Waals surface area contributed by atoms with Gasteiger partial charge >= 0.3 is 0 Å². The van der Waals surface area contributed by atoms with Crippen molar-refractivity contribution < 1.29 is 4.74 Å². The van der Waals surface area contributed by atoms with Gasteiger partial charge in [-0.25, -0.2) is 0 Å². The van der Waals surface area contributed by atoms with Gasteiger partial charge < -0.3 is 10.5 Å². The molecule has 4 nitrogen and oxygen atoms in total. The highest BCUT2D eigenvalue weighted by atomic mass is 35.5. The quantitative estimate of drug-likeness (QED) is 0.833. The summed E-state index contributed by atoms with van der Waals surface area (Å²) in [5.74, 6) is 0. The van der Waals surface area contributed by atoms with Gasteiger partial charge in [-0.15, -0.1) is 24.8 Å². The fourth-order valence-corrected chi connectivity index (χ4v) is 1.63. The molecule has 88 valence electrons. The summed E-state index contributed by atoms with van der Waals surface area (Å²) in [4.78, 5) is 0. The van der Waals surface area contributed by atoms with E-state index < -0.39 is 0 Å². The van der Waals surface area contributed by atoms with Gasteiger partial charge in [-0.2, -0.15) is 5.10 Å². The molecule has 2 N–H and O–H groups in total. The van der Waals surface area contributed by atoms with Crippen LogP contribution in [0, 0.1) is 6.92 Å². The van der Waals surface area contributed by atoms with Crippen molar-refractivity contribution in [3.63, 3.8) is 0 Å². The number of ether oxygens (including phenoxy) is 1. The highest BCUT2D eigenvalue weighted by molar-refractivity contribution is 5.85. The maximum Gasteiger partial charge on any atom is 0.0823 e. The molecule has 0 saturated carbocycles. The Kier molecular flexibility index (Phi) is 6.02. The number of aryl methyl sites for hydroxylation is 1. The summed E-state index contributed by atoms with van der Waals surface area (Å²) in [7, 11) is 0. The number of aromatic nitrogens is 2. The first-order valence-electron chi connectivity index (χ1n) is 4.66. The third kappa shape index (κ3) is 3.26. The minimum Gasteiger partial charge on any atom is -0.396 e. The summed E-state index contributed by atoms with van der Waals surface area (Å²) in [6.07, 6.45) is 4.01. The molecule has 2 rings (SSSR count). The average molecular weight is 254 g/mol. The molecule has 1 aromatic heterocycles. The molecule has 0 aliphatic carbocycles. The zero-order chi connectivity index (χ0) is 9.26. The molecule has 1 aromatic rings. The molecule has 2 heterocycles. The highest BCUT2D eigenvalue weighted by Gasteiger charge is 2.16. The Bertz CT molecular complexity index is 278. The lowest BCUT2D eigenvalue weighted by Gasteiger charge is -2.22. The molecule has 0 bridgehead atoms. The van der Waals surface area contributed by atoms with Gasteiger partial charge in [-0.05, 0) is 19.8 Å². The third-order valence-corrected chi connectivity index (χ3v) is 2.52. The van der Waals surface area contributed by atoms with E-state index in [0.717, 1.165) is 37.4 Å². The second-order valence-electron chi connectivity index (χ2n) is 3.49. The summed E-state index contributed by atoms with van der Waals surface area (Å²) in [5, 5.41) is 4.37. The molecule has 0 unspecified atom stereocenters. The van der Waals surface area contributed by atoms with Gasteiger partial charge in [-0.1, -0.05) is 0 Å². The Labute approximate surface area is 102 Å². The van der Waals surface area contributed by atoms with E-state index in [1.807, 2.05) is 17.8 Å². The van der Waals surface area contributed by atoms with Crippen LogP contribution in [0.5, 0.6) is 0 Å². The normalized spacial score (nSPS) is 16.6. The first-order valence-corrected chi connectivity index (χ1v) is 4.66. The number of hydrogen-bond acceptors (Lipinski definition) is 3. The van der Waals surface area contributed by atoms with Crippen molar-refractivity contribution in [1.82, 2.24) is 9.78 Å². The van der Waals surface area contributed by atoms with Crippen molar-refractivity contribution in [2.45, 2.75) is 25.8 Å². The Balaban J connectivity index is 0.000000980. The zero-order valence-electron chi connectivity index (χ0n) is 8.68. The number of halogens is 2. The van der Waals surface area contributed by atoms with E-state index in [0.29, 0.717) is 6.04 Å². The van der Waals surface area contributed by atoms with Crippen LogP contribution >= 0.6 is 24.8 Å². The molecule has 1 fully saturated rings. The van der Waals surface area contributed by atoms with Crippen molar-refractivity contribution in [3.05, 3.63) is 11.9 Å². The smallest absolute Gasteiger partial charge is 0.0823 e. The second kappa shape index (κ2) is 6.20. The predicted octanol–water partition coefficient (Wildman–Crippen LogP) is 1.97. The van der Waals surface area contributed by atoms with Crippen LogP contribution < -0.4 is 5.73 Å². The SMILES string of the molecule is Cc1nn(C2CCOCC2)cc1N.Cl.Cl. The second-order valence-corrected chi connectivity index (χ2v) is 3.49. The molecule has 1 aliphatic rings. The molecule has 1 aliphatic heterocycles. The van der Waals surface area contributed by atoms with Crippen molar-refractivity contribution >= 4 is 30.5 Å². The Morgan fingerprint density at radius 2 is 2.00 bits per heavy atom. The molecule has 1 saturated heterocycles. The van der Waals surface area contributed by atoms with E-state index >= 15 is 0 Å². The van der Waals surface area contributed by atoms with Gasteiger partial charge in [0.1, 0.15) is 0 Å². The minimum atomic E-state index is 0. The lowest BCUT2D eigenvalue weighted by Crippen LogP contribution is -2.19. The van der Waals surface area contributed by atoms with Crippen molar-refractivity contribution in [2.24, 2.45) is 0 Å². The Morgan fingerprint density at radius 3 is 2.47 bits per heavy atom. The Hall–Kier alpha value is -0.450. The molecule has 0 amide bonds. The molecule has 6 heteroatoms. The Morgan fingerprint density at radius 1 is 1.40 bits per heavy atom. The standard InChI is InChI=1S/C9H15N3O.2ClH/c1-7-9(10)6-12(11-7)8-2-4-13-5-3-8;;/h6,8H,2-5,10H2,1H3;2*1H. The molecule has 0 atom stereocenters. The highest BCUT2D eigenvalue weighted by Crippen LogP contribution is 2.21. The number of nitrogen functional groups attached to an aromatic ring is 1. The van der Waals surface area contributed by atoms with Gasteiger partial charge in [0.25, 0.3) is 0 Å². The van der Waals surface area contributed by atoms with Crippen LogP contribution in [0.15, 0.2) is 6.20 Å². The van der Waals surface area contributed by atoms with Crippen LogP contribution in [0.1, 0.15) is 24.6 Å². The number of hydrogen-bond donors (Lipinski definition) is 1. The fourth-order valence-electron chi connectivity index (χ4n) is 1.63. The van der Waals surface area contributed by atoms with Crippen LogP contribution in [-0.2, 0) is 4.74 Å². The van der Waals surface area contributed by atoms with Gasteiger partial charge in [0.2, 0.25) is 0 Å². The van der Waals surface area contributed by atoms with Crippen molar-refractivity contribution in [2.75, 3.05) is 18.9 Å². The lowest BCUT2D eigenvalue weighted by atomic mass is 10.1. The van der Waals surface area contributed by atoms with E-state index in [2.05, 4.69) is 5.10 Å². The molecular weight excluding hydrogens is 237 g/mol. The first kappa shape index (κ1) is 14.6. The zero-order valence-corrected chi connectivity index (χ0v) is 10.3. The van der Waals surface area contributed by atoms with Gasteiger partial charge in [-0.3, -0.25) is 4.68 Å². The molecule has 0 spiro atoms. The monoisotopic (exact) mass is 253 g/mol. The topological polar surface area (TPSA) is 53.1 Å².